The van der Waals surface area contributed by atoms with Gasteiger partial charge in [-0.05, 0) is 30.0 Å². The van der Waals surface area contributed by atoms with Crippen LogP contribution in [0.2, 0.25) is 0 Å². The average Bonchev–Trinajstić information content (AvgIpc) is 1.81. The summed E-state index contributed by atoms with van der Waals surface area (Å²) < 4.78 is 4.69. The minimum atomic E-state index is -2.74. The van der Waals surface area contributed by atoms with Gasteiger partial charge in [0.25, 0.3) is 0 Å². The Morgan fingerprint density at radius 1 is 1.64 bits per heavy atom. The lowest BCUT2D eigenvalue weighted by atomic mass is 10.4. The SMILES string of the molecule is CCCCP(O)(=S)O[PH](O)=S. The molecule has 0 amide bonds. The minimum absolute atomic E-state index is 0.449. The molecule has 3 nitrogen and oxygen atoms in total. The highest BCUT2D eigenvalue weighted by molar-refractivity contribution is 8.13. The summed E-state index contributed by atoms with van der Waals surface area (Å²) in [6.07, 6.45) is 2.22. The summed E-state index contributed by atoms with van der Waals surface area (Å²) in [6.45, 7) is -0.747. The molecule has 68 valence electrons. The summed E-state index contributed by atoms with van der Waals surface area (Å²) >= 11 is 9.14. The van der Waals surface area contributed by atoms with Crippen molar-refractivity contribution in [2.45, 2.75) is 19.8 Å². The molecule has 0 aliphatic rings. The van der Waals surface area contributed by atoms with Gasteiger partial charge in [-0.15, -0.1) is 0 Å². The Morgan fingerprint density at radius 3 is 2.55 bits per heavy atom. The summed E-state index contributed by atoms with van der Waals surface area (Å²) in [5.74, 6) is 0. The summed E-state index contributed by atoms with van der Waals surface area (Å²) in [5, 5.41) is 0. The molecule has 0 saturated carbocycles. The maximum Gasteiger partial charge on any atom is 0.191 e. The first-order chi connectivity index (χ1) is 4.98. The molecule has 0 saturated heterocycles. The zero-order valence-corrected chi connectivity index (χ0v) is 9.72. The van der Waals surface area contributed by atoms with E-state index in [2.05, 4.69) is 11.8 Å². The molecule has 0 aromatic carbocycles. The van der Waals surface area contributed by atoms with E-state index in [-0.39, 0.29) is 0 Å². The van der Waals surface area contributed by atoms with Crippen molar-refractivity contribution in [1.29, 1.82) is 0 Å². The molecular weight excluding hydrogens is 222 g/mol. The molecule has 7 heteroatoms. The molecular formula is C4H12O3P2S2. The molecule has 0 fully saturated rings. The Balaban J connectivity index is 3.80. The van der Waals surface area contributed by atoms with E-state index in [1.54, 1.807) is 0 Å². The van der Waals surface area contributed by atoms with Crippen LogP contribution in [-0.2, 0) is 27.9 Å². The number of hydrogen-bond acceptors (Lipinski definition) is 3. The lowest BCUT2D eigenvalue weighted by Crippen LogP contribution is -1.88. The molecule has 0 aromatic heterocycles. The van der Waals surface area contributed by atoms with Gasteiger partial charge in [-0.3, -0.25) is 4.31 Å². The van der Waals surface area contributed by atoms with Gasteiger partial charge < -0.3 is 9.79 Å². The van der Waals surface area contributed by atoms with Crippen LogP contribution in [0, 0.1) is 0 Å². The lowest BCUT2D eigenvalue weighted by Gasteiger charge is -2.13. The molecule has 0 bridgehead atoms. The maximum atomic E-state index is 9.32. The van der Waals surface area contributed by atoms with Crippen molar-refractivity contribution in [3.05, 3.63) is 0 Å². The smallest absolute Gasteiger partial charge is 0.191 e. The van der Waals surface area contributed by atoms with Crippen molar-refractivity contribution in [3.8, 4) is 0 Å². The molecule has 2 unspecified atom stereocenters. The van der Waals surface area contributed by atoms with Gasteiger partial charge in [-0.2, -0.15) is 0 Å². The normalized spacial score (nSPS) is 19.2. The van der Waals surface area contributed by atoms with Gasteiger partial charge >= 0.3 is 0 Å². The van der Waals surface area contributed by atoms with E-state index < -0.39 is 13.6 Å². The number of unbranched alkanes of at least 4 members (excludes halogenated alkanes) is 1. The van der Waals surface area contributed by atoms with E-state index in [1.165, 1.54) is 0 Å². The Hall–Kier alpha value is 1.18. The van der Waals surface area contributed by atoms with Gasteiger partial charge in [0.05, 0.1) is 0 Å². The summed E-state index contributed by atoms with van der Waals surface area (Å²) in [4.78, 5) is 18.0. The molecule has 0 heterocycles. The van der Waals surface area contributed by atoms with Crippen molar-refractivity contribution < 1.29 is 14.1 Å². The van der Waals surface area contributed by atoms with Crippen LogP contribution in [-0.4, -0.2) is 15.9 Å². The standard InChI is InChI=1S/C4H12O3P2S2/c1-2-3-4-9(6,11)7-8(5)10/h8H,2-4H2,1H3,(H,5,10)(H,6,11). The zero-order valence-electron chi connectivity index (χ0n) is 6.19. The second-order valence-electron chi connectivity index (χ2n) is 2.07. The molecule has 0 aromatic rings. The molecule has 0 aliphatic carbocycles. The van der Waals surface area contributed by atoms with Crippen molar-refractivity contribution in [1.82, 2.24) is 0 Å². The molecule has 2 N–H and O–H groups in total. The Labute approximate surface area is 77.5 Å². The highest BCUT2D eigenvalue weighted by Gasteiger charge is 2.13. The lowest BCUT2D eigenvalue weighted by molar-refractivity contribution is 0.468. The largest absolute Gasteiger partial charge is 0.347 e. The highest BCUT2D eigenvalue weighted by Crippen LogP contribution is 2.50. The topological polar surface area (TPSA) is 49.7 Å². The molecule has 0 rings (SSSR count). The first-order valence-electron chi connectivity index (χ1n) is 3.22. The molecule has 0 spiro atoms. The van der Waals surface area contributed by atoms with E-state index in [0.717, 1.165) is 12.8 Å². The van der Waals surface area contributed by atoms with Crippen LogP contribution in [0.3, 0.4) is 0 Å². The highest BCUT2D eigenvalue weighted by atomic mass is 32.5. The van der Waals surface area contributed by atoms with Crippen LogP contribution in [0.4, 0.5) is 0 Å². The van der Waals surface area contributed by atoms with Gasteiger partial charge in [0.1, 0.15) is 0 Å². The van der Waals surface area contributed by atoms with Crippen molar-refractivity contribution in [2.75, 3.05) is 6.16 Å². The van der Waals surface area contributed by atoms with Crippen LogP contribution in [0.15, 0.2) is 0 Å². The first kappa shape index (κ1) is 12.2. The Kier molecular flexibility index (Phi) is 6.38. The summed E-state index contributed by atoms with van der Waals surface area (Å²) in [5.41, 5.74) is 0. The van der Waals surface area contributed by atoms with E-state index in [0.29, 0.717) is 6.16 Å². The van der Waals surface area contributed by atoms with E-state index >= 15 is 0 Å². The predicted molar refractivity (Wildman–Crippen MR) is 55.3 cm³/mol. The van der Waals surface area contributed by atoms with Crippen LogP contribution >= 0.6 is 13.6 Å². The maximum absolute atomic E-state index is 9.32. The van der Waals surface area contributed by atoms with E-state index in [9.17, 15) is 4.89 Å². The fourth-order valence-electron chi connectivity index (χ4n) is 0.526. The van der Waals surface area contributed by atoms with E-state index in [4.69, 9.17) is 21.0 Å². The third-order valence-corrected chi connectivity index (χ3v) is 5.55. The van der Waals surface area contributed by atoms with Gasteiger partial charge in [0.2, 0.25) is 0 Å². The second kappa shape index (κ2) is 5.76. The molecule has 11 heavy (non-hydrogen) atoms. The average molecular weight is 234 g/mol. The monoisotopic (exact) mass is 234 g/mol. The van der Waals surface area contributed by atoms with Gasteiger partial charge in [0, 0.05) is 6.16 Å². The molecule has 0 aliphatic heterocycles. The fraction of sp³-hybridized carbons (Fsp3) is 1.00. The molecule has 2 atom stereocenters. The van der Waals surface area contributed by atoms with Crippen LogP contribution in [0.5, 0.6) is 0 Å². The van der Waals surface area contributed by atoms with Gasteiger partial charge in [-0.1, -0.05) is 13.3 Å². The minimum Gasteiger partial charge on any atom is -0.347 e. The molecule has 0 radical (unpaired) electrons. The summed E-state index contributed by atoms with van der Waals surface area (Å²) in [6, 6.07) is 0. The van der Waals surface area contributed by atoms with Crippen LogP contribution < -0.4 is 0 Å². The Bertz CT molecular complexity index is 184. The third kappa shape index (κ3) is 7.54. The zero-order chi connectivity index (χ0) is 8.91. The van der Waals surface area contributed by atoms with Gasteiger partial charge in [-0.25, -0.2) is 0 Å². The van der Waals surface area contributed by atoms with Crippen LogP contribution in [0.25, 0.3) is 0 Å². The fourth-order valence-corrected chi connectivity index (χ4v) is 5.14. The van der Waals surface area contributed by atoms with E-state index in [1.807, 2.05) is 6.92 Å². The Morgan fingerprint density at radius 2 is 2.18 bits per heavy atom. The second-order valence-corrected chi connectivity index (χ2v) is 7.82. The first-order valence-corrected chi connectivity index (χ1v) is 8.57. The number of rotatable bonds is 5. The van der Waals surface area contributed by atoms with Crippen molar-refractivity contribution in [3.63, 3.8) is 0 Å². The quantitative estimate of drug-likeness (QED) is 0.708. The third-order valence-electron chi connectivity index (χ3n) is 1.01. The van der Waals surface area contributed by atoms with Crippen molar-refractivity contribution in [2.24, 2.45) is 0 Å². The van der Waals surface area contributed by atoms with Crippen molar-refractivity contribution >= 4 is 37.3 Å². The number of hydrogen-bond donors (Lipinski definition) is 2. The predicted octanol–water partition coefficient (Wildman–Crippen LogP) is 1.60. The summed E-state index contributed by atoms with van der Waals surface area (Å²) in [7, 11) is -2.24. The van der Waals surface area contributed by atoms with Crippen LogP contribution in [0.1, 0.15) is 19.8 Å². The van der Waals surface area contributed by atoms with Gasteiger partial charge in [0.15, 0.2) is 13.6 Å².